The highest BCUT2D eigenvalue weighted by Crippen LogP contribution is 2.04. The van der Waals surface area contributed by atoms with E-state index in [0.717, 1.165) is 30.7 Å². The number of aromatic nitrogens is 1. The fourth-order valence-electron chi connectivity index (χ4n) is 1.50. The molecular weight excluding hydrogens is 176 g/mol. The lowest BCUT2D eigenvalue weighted by Gasteiger charge is -2.09. The minimum absolute atomic E-state index is 0.732. The van der Waals surface area contributed by atoms with E-state index in [-0.39, 0.29) is 0 Å². The topological polar surface area (TPSA) is 38.1 Å². The van der Waals surface area contributed by atoms with Crippen molar-refractivity contribution in [1.82, 2.24) is 10.3 Å². The average Bonchev–Trinajstić information content (AvgIpc) is 2.52. The Labute approximate surface area is 85.9 Å². The van der Waals surface area contributed by atoms with Crippen LogP contribution < -0.4 is 5.32 Å². The summed E-state index contributed by atoms with van der Waals surface area (Å²) >= 11 is 0. The van der Waals surface area contributed by atoms with Crippen molar-refractivity contribution < 1.29 is 4.42 Å². The maximum atomic E-state index is 5.35. The minimum Gasteiger partial charge on any atom is -0.445 e. The van der Waals surface area contributed by atoms with Crippen molar-refractivity contribution in [2.75, 3.05) is 6.54 Å². The van der Waals surface area contributed by atoms with Crippen LogP contribution in [0.4, 0.5) is 0 Å². The van der Waals surface area contributed by atoms with Crippen molar-refractivity contribution in [2.45, 2.75) is 40.2 Å². The molecule has 1 rings (SSSR count). The lowest BCUT2D eigenvalue weighted by atomic mass is 10.1. The molecular formula is C11H20N2O. The van der Waals surface area contributed by atoms with Gasteiger partial charge in [-0.25, -0.2) is 4.98 Å². The zero-order valence-corrected chi connectivity index (χ0v) is 9.34. The number of hydrogen-bond donors (Lipinski definition) is 1. The molecule has 0 fully saturated rings. The van der Waals surface area contributed by atoms with Gasteiger partial charge in [-0.3, -0.25) is 0 Å². The lowest BCUT2D eigenvalue weighted by Crippen LogP contribution is -2.20. The third kappa shape index (κ3) is 3.92. The van der Waals surface area contributed by atoms with Crippen molar-refractivity contribution in [3.8, 4) is 0 Å². The molecule has 1 aromatic heterocycles. The van der Waals surface area contributed by atoms with Crippen LogP contribution in [0, 0.1) is 12.8 Å². The summed E-state index contributed by atoms with van der Waals surface area (Å²) in [5.74, 6) is 2.39. The van der Waals surface area contributed by atoms with E-state index in [1.165, 1.54) is 12.8 Å². The van der Waals surface area contributed by atoms with Crippen molar-refractivity contribution in [3.05, 3.63) is 17.8 Å². The maximum absolute atomic E-state index is 5.35. The number of oxazole rings is 1. The van der Waals surface area contributed by atoms with Crippen LogP contribution in [0.2, 0.25) is 0 Å². The van der Waals surface area contributed by atoms with Crippen molar-refractivity contribution in [3.63, 3.8) is 0 Å². The Hall–Kier alpha value is -0.830. The summed E-state index contributed by atoms with van der Waals surface area (Å²) in [5.41, 5.74) is 0. The second-order valence-corrected chi connectivity index (χ2v) is 3.89. The number of rotatable bonds is 6. The molecule has 1 aromatic rings. The predicted octanol–water partition coefficient (Wildman–Crippen LogP) is 2.51. The van der Waals surface area contributed by atoms with E-state index in [1.807, 2.05) is 6.92 Å². The summed E-state index contributed by atoms with van der Waals surface area (Å²) in [6.45, 7) is 8.17. The Morgan fingerprint density at radius 1 is 1.57 bits per heavy atom. The van der Waals surface area contributed by atoms with Gasteiger partial charge in [0.1, 0.15) is 5.76 Å². The van der Waals surface area contributed by atoms with Gasteiger partial charge in [0.05, 0.1) is 12.7 Å². The van der Waals surface area contributed by atoms with Crippen LogP contribution in [0.3, 0.4) is 0 Å². The van der Waals surface area contributed by atoms with Crippen LogP contribution in [0.1, 0.15) is 38.3 Å². The van der Waals surface area contributed by atoms with Crippen LogP contribution in [-0.2, 0) is 6.54 Å². The van der Waals surface area contributed by atoms with Gasteiger partial charge >= 0.3 is 0 Å². The average molecular weight is 196 g/mol. The first kappa shape index (κ1) is 11.2. The van der Waals surface area contributed by atoms with Gasteiger partial charge in [0, 0.05) is 0 Å². The molecule has 0 spiro atoms. The number of hydrogen-bond acceptors (Lipinski definition) is 3. The predicted molar refractivity (Wildman–Crippen MR) is 57.0 cm³/mol. The normalized spacial score (nSPS) is 13.1. The second-order valence-electron chi connectivity index (χ2n) is 3.89. The van der Waals surface area contributed by atoms with Gasteiger partial charge in [-0.15, -0.1) is 0 Å². The fraction of sp³-hybridized carbons (Fsp3) is 0.727. The zero-order valence-electron chi connectivity index (χ0n) is 9.34. The molecule has 1 unspecified atom stereocenters. The first-order valence-corrected chi connectivity index (χ1v) is 5.34. The van der Waals surface area contributed by atoms with E-state index in [4.69, 9.17) is 4.42 Å². The lowest BCUT2D eigenvalue weighted by molar-refractivity contribution is 0.420. The Kier molecular flexibility index (Phi) is 4.66. The summed E-state index contributed by atoms with van der Waals surface area (Å²) in [4.78, 5) is 4.13. The smallest absolute Gasteiger partial charge is 0.208 e. The summed E-state index contributed by atoms with van der Waals surface area (Å²) in [5, 5.41) is 3.34. The van der Waals surface area contributed by atoms with E-state index in [9.17, 15) is 0 Å². The SMILES string of the molecule is CCCC(C)CNCc1ncc(C)o1. The molecule has 1 atom stereocenters. The number of nitrogens with one attached hydrogen (secondary N) is 1. The van der Waals surface area contributed by atoms with Crippen molar-refractivity contribution in [2.24, 2.45) is 5.92 Å². The molecule has 0 aliphatic rings. The standard InChI is InChI=1S/C11H20N2O/c1-4-5-9(2)6-12-8-11-13-7-10(3)14-11/h7,9,12H,4-6,8H2,1-3H3. The highest BCUT2D eigenvalue weighted by molar-refractivity contribution is 4.90. The molecule has 3 heteroatoms. The largest absolute Gasteiger partial charge is 0.445 e. The van der Waals surface area contributed by atoms with Crippen molar-refractivity contribution >= 4 is 0 Å². The molecule has 1 N–H and O–H groups in total. The summed E-state index contributed by atoms with van der Waals surface area (Å²) in [6.07, 6.45) is 4.28. The molecule has 3 nitrogen and oxygen atoms in total. The van der Waals surface area contributed by atoms with Crippen molar-refractivity contribution in [1.29, 1.82) is 0 Å². The fourth-order valence-corrected chi connectivity index (χ4v) is 1.50. The van der Waals surface area contributed by atoms with Gasteiger partial charge in [-0.1, -0.05) is 20.3 Å². The quantitative estimate of drug-likeness (QED) is 0.759. The molecule has 0 saturated carbocycles. The first-order valence-electron chi connectivity index (χ1n) is 5.34. The molecule has 14 heavy (non-hydrogen) atoms. The molecule has 0 radical (unpaired) electrons. The number of nitrogens with zero attached hydrogens (tertiary/aromatic N) is 1. The molecule has 0 aromatic carbocycles. The first-order chi connectivity index (χ1) is 6.72. The summed E-state index contributed by atoms with van der Waals surface area (Å²) in [6, 6.07) is 0. The second kappa shape index (κ2) is 5.81. The number of aryl methyl sites for hydroxylation is 1. The van der Waals surface area contributed by atoms with E-state index < -0.39 is 0 Å². The Bertz CT molecular complexity index is 258. The van der Waals surface area contributed by atoms with Gasteiger partial charge in [0.15, 0.2) is 0 Å². The third-order valence-corrected chi connectivity index (χ3v) is 2.22. The third-order valence-electron chi connectivity index (χ3n) is 2.22. The van der Waals surface area contributed by atoms with Crippen LogP contribution in [0.25, 0.3) is 0 Å². The van der Waals surface area contributed by atoms with Gasteiger partial charge in [-0.2, -0.15) is 0 Å². The van der Waals surface area contributed by atoms with Crippen LogP contribution in [0.15, 0.2) is 10.6 Å². The van der Waals surface area contributed by atoms with Gasteiger partial charge in [0.25, 0.3) is 0 Å². The summed E-state index contributed by atoms with van der Waals surface area (Å²) in [7, 11) is 0. The molecule has 0 aliphatic heterocycles. The van der Waals surface area contributed by atoms with E-state index in [0.29, 0.717) is 0 Å². The highest BCUT2D eigenvalue weighted by Gasteiger charge is 2.02. The van der Waals surface area contributed by atoms with Gasteiger partial charge in [-0.05, 0) is 25.8 Å². The Morgan fingerprint density at radius 3 is 2.93 bits per heavy atom. The molecule has 0 bridgehead atoms. The molecule has 0 aliphatic carbocycles. The molecule has 1 heterocycles. The van der Waals surface area contributed by atoms with E-state index >= 15 is 0 Å². The Balaban J connectivity index is 2.15. The maximum Gasteiger partial charge on any atom is 0.208 e. The molecule has 0 saturated heterocycles. The van der Waals surface area contributed by atoms with Crippen LogP contribution in [0.5, 0.6) is 0 Å². The minimum atomic E-state index is 0.732. The Morgan fingerprint density at radius 2 is 2.36 bits per heavy atom. The van der Waals surface area contributed by atoms with E-state index in [2.05, 4.69) is 24.1 Å². The molecule has 80 valence electrons. The zero-order chi connectivity index (χ0) is 10.4. The van der Waals surface area contributed by atoms with Crippen LogP contribution in [-0.4, -0.2) is 11.5 Å². The van der Waals surface area contributed by atoms with Gasteiger partial charge < -0.3 is 9.73 Å². The summed E-state index contributed by atoms with van der Waals surface area (Å²) < 4.78 is 5.35. The molecule has 0 amide bonds. The van der Waals surface area contributed by atoms with Crippen LogP contribution >= 0.6 is 0 Å². The van der Waals surface area contributed by atoms with Gasteiger partial charge in [0.2, 0.25) is 5.89 Å². The monoisotopic (exact) mass is 196 g/mol. The van der Waals surface area contributed by atoms with E-state index in [1.54, 1.807) is 6.20 Å². The highest BCUT2D eigenvalue weighted by atomic mass is 16.4.